The Balaban J connectivity index is 1.76. The van der Waals surface area contributed by atoms with Gasteiger partial charge in [-0.05, 0) is 19.2 Å². The molecule has 6 heteroatoms. The molecule has 6 nitrogen and oxygen atoms in total. The molecule has 2 aromatic rings. The third-order valence-electron chi connectivity index (χ3n) is 3.13. The Morgan fingerprint density at radius 2 is 2.22 bits per heavy atom. The van der Waals surface area contributed by atoms with Crippen LogP contribution >= 0.6 is 0 Å². The Morgan fingerprint density at radius 1 is 1.28 bits per heavy atom. The van der Waals surface area contributed by atoms with Gasteiger partial charge in [0.25, 0.3) is 0 Å². The van der Waals surface area contributed by atoms with Crippen molar-refractivity contribution in [3.8, 4) is 0 Å². The van der Waals surface area contributed by atoms with E-state index in [4.69, 9.17) is 0 Å². The highest BCUT2D eigenvalue weighted by Crippen LogP contribution is 2.17. The van der Waals surface area contributed by atoms with Crippen LogP contribution in [0.25, 0.3) is 0 Å². The van der Waals surface area contributed by atoms with Crippen molar-refractivity contribution in [1.82, 2.24) is 25.1 Å². The van der Waals surface area contributed by atoms with Gasteiger partial charge in [-0.15, -0.1) is 5.10 Å². The average Bonchev–Trinajstić information content (AvgIpc) is 2.87. The van der Waals surface area contributed by atoms with Crippen molar-refractivity contribution in [3.63, 3.8) is 0 Å². The van der Waals surface area contributed by atoms with Gasteiger partial charge in [-0.2, -0.15) is 5.10 Å². The molecule has 0 amide bonds. The van der Waals surface area contributed by atoms with Crippen LogP contribution in [-0.2, 0) is 19.6 Å². The van der Waals surface area contributed by atoms with Crippen LogP contribution in [0, 0.1) is 0 Å². The van der Waals surface area contributed by atoms with Crippen molar-refractivity contribution in [1.29, 1.82) is 0 Å². The summed E-state index contributed by atoms with van der Waals surface area (Å²) in [6.07, 6.45) is 3.87. The van der Waals surface area contributed by atoms with E-state index < -0.39 is 0 Å². The SMILES string of the molecule is CNCc1ccc(N2CCn3ccnc3C2)nn1. The molecule has 1 N–H and O–H groups in total. The minimum atomic E-state index is 0.748. The second kappa shape index (κ2) is 4.73. The topological polar surface area (TPSA) is 58.9 Å². The molecule has 1 aliphatic heterocycles. The zero-order valence-electron chi connectivity index (χ0n) is 10.4. The summed E-state index contributed by atoms with van der Waals surface area (Å²) < 4.78 is 2.18. The van der Waals surface area contributed by atoms with Crippen LogP contribution in [0.4, 0.5) is 5.82 Å². The first-order chi connectivity index (χ1) is 8.86. The lowest BCUT2D eigenvalue weighted by atomic mass is 10.3. The van der Waals surface area contributed by atoms with Crippen LogP contribution in [0.1, 0.15) is 11.5 Å². The molecule has 3 rings (SSSR count). The number of nitrogens with zero attached hydrogens (tertiary/aromatic N) is 5. The Kier molecular flexibility index (Phi) is 2.93. The van der Waals surface area contributed by atoms with Gasteiger partial charge in [0.15, 0.2) is 5.82 Å². The Labute approximate surface area is 106 Å². The minimum Gasteiger partial charge on any atom is -0.346 e. The first-order valence-corrected chi connectivity index (χ1v) is 6.09. The third kappa shape index (κ3) is 2.06. The van der Waals surface area contributed by atoms with Crippen LogP contribution in [0.2, 0.25) is 0 Å². The Morgan fingerprint density at radius 3 is 3.00 bits per heavy atom. The molecule has 94 valence electrons. The molecule has 0 saturated carbocycles. The lowest BCUT2D eigenvalue weighted by Crippen LogP contribution is -2.34. The van der Waals surface area contributed by atoms with E-state index >= 15 is 0 Å². The number of anilines is 1. The normalized spacial score (nSPS) is 14.6. The fourth-order valence-corrected chi connectivity index (χ4v) is 2.17. The molecule has 1 aliphatic rings. The smallest absolute Gasteiger partial charge is 0.151 e. The molecule has 18 heavy (non-hydrogen) atoms. The number of fused-ring (bicyclic) bond motifs is 1. The lowest BCUT2D eigenvalue weighted by Gasteiger charge is -2.28. The summed E-state index contributed by atoms with van der Waals surface area (Å²) in [5.74, 6) is 2.01. The highest BCUT2D eigenvalue weighted by atomic mass is 15.3. The lowest BCUT2D eigenvalue weighted by molar-refractivity contribution is 0.553. The highest BCUT2D eigenvalue weighted by molar-refractivity contribution is 5.38. The van der Waals surface area contributed by atoms with Crippen LogP contribution in [0.15, 0.2) is 24.5 Å². The summed E-state index contributed by atoms with van der Waals surface area (Å²) in [5.41, 5.74) is 0.958. The predicted octanol–water partition coefficient (Wildman–Crippen LogP) is 0.413. The van der Waals surface area contributed by atoms with Gasteiger partial charge in [-0.25, -0.2) is 4.98 Å². The largest absolute Gasteiger partial charge is 0.346 e. The number of hydrogen-bond acceptors (Lipinski definition) is 5. The van der Waals surface area contributed by atoms with Crippen molar-refractivity contribution >= 4 is 5.82 Å². The maximum atomic E-state index is 4.34. The fourth-order valence-electron chi connectivity index (χ4n) is 2.17. The predicted molar refractivity (Wildman–Crippen MR) is 68.1 cm³/mol. The molecule has 0 spiro atoms. The second-order valence-corrected chi connectivity index (χ2v) is 4.37. The molecule has 3 heterocycles. The third-order valence-corrected chi connectivity index (χ3v) is 3.13. The Hall–Kier alpha value is -1.95. The quantitative estimate of drug-likeness (QED) is 0.847. The molecule has 0 aromatic carbocycles. The fraction of sp³-hybridized carbons (Fsp3) is 0.417. The van der Waals surface area contributed by atoms with Crippen LogP contribution in [0.3, 0.4) is 0 Å². The number of nitrogens with one attached hydrogen (secondary N) is 1. The summed E-state index contributed by atoms with van der Waals surface area (Å²) in [6.45, 7) is 3.45. The van der Waals surface area contributed by atoms with E-state index in [0.717, 1.165) is 43.5 Å². The second-order valence-electron chi connectivity index (χ2n) is 4.37. The van der Waals surface area contributed by atoms with Gasteiger partial charge in [0.05, 0.1) is 12.2 Å². The molecule has 0 unspecified atom stereocenters. The van der Waals surface area contributed by atoms with Crippen molar-refractivity contribution < 1.29 is 0 Å². The molecule has 0 aliphatic carbocycles. The Bertz CT molecular complexity index is 518. The molecular weight excluding hydrogens is 228 g/mol. The van der Waals surface area contributed by atoms with Crippen LogP contribution in [-0.4, -0.2) is 33.3 Å². The monoisotopic (exact) mass is 244 g/mol. The first-order valence-electron chi connectivity index (χ1n) is 6.09. The van der Waals surface area contributed by atoms with E-state index in [2.05, 4.69) is 30.0 Å². The van der Waals surface area contributed by atoms with Gasteiger partial charge < -0.3 is 14.8 Å². The molecule has 0 radical (unpaired) electrons. The van der Waals surface area contributed by atoms with Gasteiger partial charge in [-0.3, -0.25) is 0 Å². The number of aromatic nitrogens is 4. The maximum Gasteiger partial charge on any atom is 0.151 e. The summed E-state index contributed by atoms with van der Waals surface area (Å²) in [6, 6.07) is 4.04. The minimum absolute atomic E-state index is 0.748. The first kappa shape index (κ1) is 11.2. The number of rotatable bonds is 3. The molecule has 0 atom stereocenters. The van der Waals surface area contributed by atoms with Crippen LogP contribution < -0.4 is 10.2 Å². The van der Waals surface area contributed by atoms with Gasteiger partial charge in [0.1, 0.15) is 5.82 Å². The molecule has 0 bridgehead atoms. The average molecular weight is 244 g/mol. The summed E-state index contributed by atoms with van der Waals surface area (Å²) >= 11 is 0. The molecular formula is C12H16N6. The van der Waals surface area contributed by atoms with Gasteiger partial charge in [-0.1, -0.05) is 0 Å². The van der Waals surface area contributed by atoms with Crippen molar-refractivity contribution in [2.24, 2.45) is 0 Å². The van der Waals surface area contributed by atoms with Gasteiger partial charge in [0, 0.05) is 32.0 Å². The van der Waals surface area contributed by atoms with E-state index in [1.165, 1.54) is 0 Å². The molecule has 0 saturated heterocycles. The zero-order valence-corrected chi connectivity index (χ0v) is 10.4. The number of imidazole rings is 1. The van der Waals surface area contributed by atoms with Crippen molar-refractivity contribution in [3.05, 3.63) is 36.0 Å². The van der Waals surface area contributed by atoms with Gasteiger partial charge >= 0.3 is 0 Å². The number of hydrogen-bond donors (Lipinski definition) is 1. The molecule has 0 fully saturated rings. The summed E-state index contributed by atoms with van der Waals surface area (Å²) in [7, 11) is 1.90. The van der Waals surface area contributed by atoms with Gasteiger partial charge in [0.2, 0.25) is 0 Å². The van der Waals surface area contributed by atoms with E-state index in [-0.39, 0.29) is 0 Å². The van der Waals surface area contributed by atoms with Crippen molar-refractivity contribution in [2.75, 3.05) is 18.5 Å². The summed E-state index contributed by atoms with van der Waals surface area (Å²) in [5, 5.41) is 11.5. The van der Waals surface area contributed by atoms with E-state index in [1.54, 1.807) is 0 Å². The van der Waals surface area contributed by atoms with E-state index in [0.29, 0.717) is 0 Å². The molecule has 2 aromatic heterocycles. The highest BCUT2D eigenvalue weighted by Gasteiger charge is 2.17. The van der Waals surface area contributed by atoms with E-state index in [1.807, 2.05) is 31.6 Å². The summed E-state index contributed by atoms with van der Waals surface area (Å²) in [4.78, 5) is 6.55. The standard InChI is InChI=1S/C12H16N6/c1-13-8-10-2-3-11(16-15-10)18-7-6-17-5-4-14-12(17)9-18/h2-5,13H,6-9H2,1H3. The maximum absolute atomic E-state index is 4.34. The van der Waals surface area contributed by atoms with Crippen molar-refractivity contribution in [2.45, 2.75) is 19.6 Å². The zero-order chi connectivity index (χ0) is 12.4. The van der Waals surface area contributed by atoms with E-state index in [9.17, 15) is 0 Å². The van der Waals surface area contributed by atoms with Crippen LogP contribution in [0.5, 0.6) is 0 Å².